The van der Waals surface area contributed by atoms with Gasteiger partial charge in [0.05, 0.1) is 24.6 Å². The van der Waals surface area contributed by atoms with Gasteiger partial charge >= 0.3 is 0 Å². The Morgan fingerprint density at radius 1 is 1.33 bits per heavy atom. The summed E-state index contributed by atoms with van der Waals surface area (Å²) in [6, 6.07) is 12.2. The third-order valence-corrected chi connectivity index (χ3v) is 3.67. The van der Waals surface area contributed by atoms with Crippen LogP contribution in [0.5, 0.6) is 5.75 Å². The Balaban J connectivity index is 2.20. The molecular weight excluding hydrogens is 262 g/mol. The molecule has 0 spiro atoms. The van der Waals surface area contributed by atoms with Gasteiger partial charge < -0.3 is 9.64 Å². The molecule has 4 nitrogen and oxygen atoms in total. The van der Waals surface area contributed by atoms with Gasteiger partial charge in [0.15, 0.2) is 0 Å². The first-order valence-electron chi connectivity index (χ1n) is 6.86. The normalized spacial score (nSPS) is 11.5. The van der Waals surface area contributed by atoms with Crippen molar-refractivity contribution in [3.63, 3.8) is 0 Å². The third-order valence-electron chi connectivity index (χ3n) is 3.67. The van der Waals surface area contributed by atoms with E-state index in [1.165, 1.54) is 0 Å². The molecule has 1 unspecified atom stereocenters. The van der Waals surface area contributed by atoms with E-state index in [-0.39, 0.29) is 6.04 Å². The van der Waals surface area contributed by atoms with Gasteiger partial charge in [-0.2, -0.15) is 5.26 Å². The smallest absolute Gasteiger partial charge is 0.122 e. The summed E-state index contributed by atoms with van der Waals surface area (Å²) in [5.41, 5.74) is 2.64. The second kappa shape index (κ2) is 6.76. The second-order valence-electron chi connectivity index (χ2n) is 4.98. The van der Waals surface area contributed by atoms with E-state index in [9.17, 15) is 5.26 Å². The fourth-order valence-electron chi connectivity index (χ4n) is 2.33. The minimum atomic E-state index is 0.220. The highest BCUT2D eigenvalue weighted by Crippen LogP contribution is 2.24. The van der Waals surface area contributed by atoms with Crippen molar-refractivity contribution in [1.82, 2.24) is 4.98 Å². The highest BCUT2D eigenvalue weighted by atomic mass is 16.5. The van der Waals surface area contributed by atoms with E-state index in [1.54, 1.807) is 25.6 Å². The van der Waals surface area contributed by atoms with Crippen molar-refractivity contribution in [3.05, 3.63) is 53.9 Å². The molecule has 1 aromatic heterocycles. The molecule has 4 heteroatoms. The van der Waals surface area contributed by atoms with Crippen molar-refractivity contribution in [2.75, 3.05) is 19.1 Å². The fourth-order valence-corrected chi connectivity index (χ4v) is 2.33. The van der Waals surface area contributed by atoms with Crippen molar-refractivity contribution in [3.8, 4) is 11.8 Å². The number of ether oxygens (including phenoxy) is 1. The summed E-state index contributed by atoms with van der Waals surface area (Å²) in [6.07, 6.45) is 4.21. The number of nitrogens with zero attached hydrogens (tertiary/aromatic N) is 3. The molecule has 108 valence electrons. The first-order chi connectivity index (χ1) is 10.2. The van der Waals surface area contributed by atoms with E-state index < -0.39 is 0 Å². The average molecular weight is 281 g/mol. The van der Waals surface area contributed by atoms with Crippen molar-refractivity contribution in [2.45, 2.75) is 19.4 Å². The SMILES string of the molecule is COc1ccccc1CC(C)N(C)c1cnccc1C#N. The van der Waals surface area contributed by atoms with Crippen molar-refractivity contribution in [2.24, 2.45) is 0 Å². The maximum absolute atomic E-state index is 9.20. The summed E-state index contributed by atoms with van der Waals surface area (Å²) in [6.45, 7) is 2.13. The average Bonchev–Trinajstić information content (AvgIpc) is 2.54. The standard InChI is InChI=1S/C17H19N3O/c1-13(10-14-6-4-5-7-17(14)21-3)20(2)16-12-19-9-8-15(16)11-18/h4-9,12-13H,10H2,1-3H3. The van der Waals surface area contributed by atoms with Gasteiger partial charge in [0.1, 0.15) is 11.8 Å². The maximum Gasteiger partial charge on any atom is 0.122 e. The van der Waals surface area contributed by atoms with Crippen LogP contribution in [0.4, 0.5) is 5.69 Å². The number of hydrogen-bond donors (Lipinski definition) is 0. The molecule has 0 aliphatic carbocycles. The number of pyridine rings is 1. The zero-order valence-electron chi connectivity index (χ0n) is 12.6. The van der Waals surface area contributed by atoms with Crippen LogP contribution in [0.1, 0.15) is 18.1 Å². The predicted molar refractivity (Wildman–Crippen MR) is 83.5 cm³/mol. The fraction of sp³-hybridized carbons (Fsp3) is 0.294. The number of likely N-dealkylation sites (N-methyl/N-ethyl adjacent to an activating group) is 1. The van der Waals surface area contributed by atoms with Crippen LogP contribution in [0.2, 0.25) is 0 Å². The summed E-state index contributed by atoms with van der Waals surface area (Å²) in [5.74, 6) is 0.893. The molecule has 21 heavy (non-hydrogen) atoms. The first-order valence-corrected chi connectivity index (χ1v) is 6.86. The monoisotopic (exact) mass is 281 g/mol. The number of methoxy groups -OCH3 is 1. The lowest BCUT2D eigenvalue weighted by Gasteiger charge is -2.28. The molecular formula is C17H19N3O. The Bertz CT molecular complexity index is 648. The summed E-state index contributed by atoms with van der Waals surface area (Å²) in [5, 5.41) is 9.20. The van der Waals surface area contributed by atoms with Gasteiger partial charge in [0, 0.05) is 19.3 Å². The molecule has 0 aliphatic rings. The molecule has 0 fully saturated rings. The minimum absolute atomic E-state index is 0.220. The van der Waals surface area contributed by atoms with Gasteiger partial charge in [-0.05, 0) is 31.0 Å². The number of anilines is 1. The highest BCUT2D eigenvalue weighted by Gasteiger charge is 2.16. The van der Waals surface area contributed by atoms with Crippen molar-refractivity contribution >= 4 is 5.69 Å². The molecule has 0 saturated heterocycles. The molecule has 2 aromatic rings. The summed E-state index contributed by atoms with van der Waals surface area (Å²) < 4.78 is 5.39. The van der Waals surface area contributed by atoms with E-state index >= 15 is 0 Å². The van der Waals surface area contributed by atoms with E-state index in [0.29, 0.717) is 5.56 Å². The number of hydrogen-bond acceptors (Lipinski definition) is 4. The van der Waals surface area contributed by atoms with Gasteiger partial charge in [-0.25, -0.2) is 0 Å². The number of aromatic nitrogens is 1. The summed E-state index contributed by atoms with van der Waals surface area (Å²) in [7, 11) is 3.67. The minimum Gasteiger partial charge on any atom is -0.496 e. The quantitative estimate of drug-likeness (QED) is 0.845. The lowest BCUT2D eigenvalue weighted by Crippen LogP contribution is -2.31. The molecule has 1 aromatic carbocycles. The Hall–Kier alpha value is -2.54. The Kier molecular flexibility index (Phi) is 4.78. The molecule has 0 N–H and O–H groups in total. The lowest BCUT2D eigenvalue weighted by atomic mass is 10.0. The number of benzene rings is 1. The molecule has 0 bridgehead atoms. The lowest BCUT2D eigenvalue weighted by molar-refractivity contribution is 0.408. The predicted octanol–water partition coefficient (Wildman–Crippen LogP) is 3.03. The van der Waals surface area contributed by atoms with Crippen molar-refractivity contribution < 1.29 is 4.74 Å². The Morgan fingerprint density at radius 3 is 2.81 bits per heavy atom. The molecule has 1 heterocycles. The molecule has 0 saturated carbocycles. The second-order valence-corrected chi connectivity index (χ2v) is 4.98. The topological polar surface area (TPSA) is 49.1 Å². The first kappa shape index (κ1) is 14.9. The van der Waals surface area contributed by atoms with Gasteiger partial charge in [-0.1, -0.05) is 18.2 Å². The van der Waals surface area contributed by atoms with Crippen LogP contribution in [-0.4, -0.2) is 25.2 Å². The Morgan fingerprint density at radius 2 is 2.10 bits per heavy atom. The molecule has 0 amide bonds. The molecule has 0 radical (unpaired) electrons. The van der Waals surface area contributed by atoms with Gasteiger partial charge in [-0.15, -0.1) is 0 Å². The maximum atomic E-state index is 9.20. The van der Waals surface area contributed by atoms with Crippen LogP contribution < -0.4 is 9.64 Å². The van der Waals surface area contributed by atoms with Gasteiger partial charge in [0.2, 0.25) is 0 Å². The molecule has 0 aliphatic heterocycles. The molecule has 2 rings (SSSR count). The van der Waals surface area contributed by atoms with Crippen LogP contribution in [0.25, 0.3) is 0 Å². The van der Waals surface area contributed by atoms with Crippen LogP contribution in [-0.2, 0) is 6.42 Å². The summed E-state index contributed by atoms with van der Waals surface area (Å²) in [4.78, 5) is 6.20. The van der Waals surface area contributed by atoms with Crippen LogP contribution in [0.3, 0.4) is 0 Å². The van der Waals surface area contributed by atoms with E-state index in [2.05, 4.69) is 28.9 Å². The van der Waals surface area contributed by atoms with Crippen LogP contribution in [0.15, 0.2) is 42.7 Å². The van der Waals surface area contributed by atoms with E-state index in [0.717, 1.165) is 23.4 Å². The number of rotatable bonds is 5. The Labute approximate surface area is 125 Å². The number of nitriles is 1. The van der Waals surface area contributed by atoms with E-state index in [4.69, 9.17) is 4.74 Å². The van der Waals surface area contributed by atoms with Crippen molar-refractivity contribution in [1.29, 1.82) is 5.26 Å². The molecule has 1 atom stereocenters. The zero-order valence-corrected chi connectivity index (χ0v) is 12.6. The van der Waals surface area contributed by atoms with Gasteiger partial charge in [-0.3, -0.25) is 4.98 Å². The third kappa shape index (κ3) is 3.32. The van der Waals surface area contributed by atoms with Crippen LogP contribution in [0, 0.1) is 11.3 Å². The summed E-state index contributed by atoms with van der Waals surface area (Å²) >= 11 is 0. The van der Waals surface area contributed by atoms with Crippen LogP contribution >= 0.6 is 0 Å². The number of para-hydroxylation sites is 1. The highest BCUT2D eigenvalue weighted by molar-refractivity contribution is 5.57. The largest absolute Gasteiger partial charge is 0.496 e. The zero-order chi connectivity index (χ0) is 15.2. The van der Waals surface area contributed by atoms with E-state index in [1.807, 2.05) is 25.2 Å². The van der Waals surface area contributed by atoms with Gasteiger partial charge in [0.25, 0.3) is 0 Å².